The fourth-order valence-corrected chi connectivity index (χ4v) is 2.87. The smallest absolute Gasteiger partial charge is 0.218 e. The zero-order chi connectivity index (χ0) is 17.9. The van der Waals surface area contributed by atoms with Crippen LogP contribution in [0.5, 0.6) is 0 Å². The molecule has 26 heavy (non-hydrogen) atoms. The van der Waals surface area contributed by atoms with Crippen LogP contribution in [0, 0.1) is 5.95 Å². The van der Waals surface area contributed by atoms with E-state index in [1.165, 1.54) is 0 Å². The van der Waals surface area contributed by atoms with E-state index in [0.29, 0.717) is 29.5 Å². The van der Waals surface area contributed by atoms with Gasteiger partial charge in [-0.15, -0.1) is 0 Å². The summed E-state index contributed by atoms with van der Waals surface area (Å²) >= 11 is 5.76. The Hall–Kier alpha value is -2.99. The number of aromatic amines is 1. The van der Waals surface area contributed by atoms with Crippen molar-refractivity contribution in [3.05, 3.63) is 82.8 Å². The maximum absolute atomic E-state index is 14.4. The first-order chi connectivity index (χ1) is 12.7. The van der Waals surface area contributed by atoms with Crippen LogP contribution in [-0.4, -0.2) is 19.9 Å². The van der Waals surface area contributed by atoms with Crippen molar-refractivity contribution in [2.24, 2.45) is 0 Å². The predicted molar refractivity (Wildman–Crippen MR) is 99.7 cm³/mol. The second-order valence-electron chi connectivity index (χ2n) is 5.88. The lowest BCUT2D eigenvalue weighted by molar-refractivity contribution is 0.571. The van der Waals surface area contributed by atoms with Crippen molar-refractivity contribution in [1.82, 2.24) is 19.9 Å². The Kier molecular flexibility index (Phi) is 4.50. The van der Waals surface area contributed by atoms with E-state index < -0.39 is 5.95 Å². The zero-order valence-electron chi connectivity index (χ0n) is 13.7. The molecule has 0 atom stereocenters. The molecule has 0 aliphatic heterocycles. The van der Waals surface area contributed by atoms with Gasteiger partial charge >= 0.3 is 0 Å². The molecule has 4 rings (SSSR count). The molecule has 0 amide bonds. The van der Waals surface area contributed by atoms with E-state index in [0.717, 1.165) is 22.2 Å². The van der Waals surface area contributed by atoms with Crippen LogP contribution < -0.4 is 5.32 Å². The maximum Gasteiger partial charge on any atom is 0.218 e. The summed E-state index contributed by atoms with van der Waals surface area (Å²) < 4.78 is 14.4. The van der Waals surface area contributed by atoms with Crippen molar-refractivity contribution < 1.29 is 4.39 Å². The fraction of sp³-hybridized carbons (Fsp3) is 0.105. The van der Waals surface area contributed by atoms with Crippen LogP contribution in [0.2, 0.25) is 5.15 Å². The monoisotopic (exact) mass is 367 g/mol. The quantitative estimate of drug-likeness (QED) is 0.515. The third-order valence-corrected chi connectivity index (χ3v) is 4.33. The zero-order valence-corrected chi connectivity index (χ0v) is 14.5. The normalized spacial score (nSPS) is 11.0. The Balaban J connectivity index is 1.48. The number of hydrogen-bond acceptors (Lipinski definition) is 4. The van der Waals surface area contributed by atoms with Gasteiger partial charge in [-0.1, -0.05) is 23.7 Å². The van der Waals surface area contributed by atoms with Gasteiger partial charge in [-0.3, -0.25) is 0 Å². The second-order valence-corrected chi connectivity index (χ2v) is 6.27. The molecule has 0 bridgehead atoms. The average Bonchev–Trinajstić information content (AvgIpc) is 3.06. The minimum Gasteiger partial charge on any atom is -0.366 e. The third kappa shape index (κ3) is 3.50. The van der Waals surface area contributed by atoms with Crippen LogP contribution in [0.25, 0.3) is 11.0 Å². The summed E-state index contributed by atoms with van der Waals surface area (Å²) in [6.45, 7) is 0.490. The number of hydrogen-bond donors (Lipinski definition) is 2. The van der Waals surface area contributed by atoms with Gasteiger partial charge in [0.25, 0.3) is 0 Å². The molecule has 4 aromatic rings. The van der Waals surface area contributed by atoms with Gasteiger partial charge < -0.3 is 10.3 Å². The molecule has 0 aromatic carbocycles. The number of halogens is 2. The molecule has 2 N–H and O–H groups in total. The van der Waals surface area contributed by atoms with Gasteiger partial charge in [0, 0.05) is 42.5 Å². The number of fused-ring (bicyclic) bond motifs is 1. The molecule has 0 fully saturated rings. The maximum atomic E-state index is 14.4. The number of pyridine rings is 3. The summed E-state index contributed by atoms with van der Waals surface area (Å²) in [6, 6.07) is 10.9. The molecule has 0 aliphatic carbocycles. The van der Waals surface area contributed by atoms with Crippen LogP contribution in [0.15, 0.2) is 55.0 Å². The Bertz CT molecular complexity index is 1050. The summed E-state index contributed by atoms with van der Waals surface area (Å²) in [5.74, 6) is -0.00994. The molecule has 5 nitrogen and oxygen atoms in total. The first-order valence-corrected chi connectivity index (χ1v) is 8.47. The Morgan fingerprint density at radius 2 is 2.00 bits per heavy atom. The number of anilines is 1. The average molecular weight is 368 g/mol. The van der Waals surface area contributed by atoms with Crippen LogP contribution in [0.3, 0.4) is 0 Å². The van der Waals surface area contributed by atoms with E-state index in [1.54, 1.807) is 30.6 Å². The molecule has 4 heterocycles. The van der Waals surface area contributed by atoms with Gasteiger partial charge in [0.2, 0.25) is 5.95 Å². The molecule has 0 aliphatic rings. The SMILES string of the molecule is Fc1nc(NCc2ccc(Cl)nc2)ccc1Cc1c[nH]c2ncccc12. The molecule has 0 saturated carbocycles. The Morgan fingerprint density at radius 3 is 2.81 bits per heavy atom. The summed E-state index contributed by atoms with van der Waals surface area (Å²) in [4.78, 5) is 15.4. The number of aromatic nitrogens is 4. The Morgan fingerprint density at radius 1 is 1.08 bits per heavy atom. The van der Waals surface area contributed by atoms with E-state index in [-0.39, 0.29) is 0 Å². The lowest BCUT2D eigenvalue weighted by atomic mass is 10.1. The molecule has 0 saturated heterocycles. The van der Waals surface area contributed by atoms with E-state index >= 15 is 0 Å². The molecular formula is C19H15ClFN5. The summed E-state index contributed by atoms with van der Waals surface area (Å²) in [5.41, 5.74) is 3.26. The van der Waals surface area contributed by atoms with E-state index in [9.17, 15) is 4.39 Å². The second kappa shape index (κ2) is 7.09. The molecule has 130 valence electrons. The summed E-state index contributed by atoms with van der Waals surface area (Å²) in [6.07, 6.45) is 5.70. The van der Waals surface area contributed by atoms with Gasteiger partial charge in [-0.25, -0.2) is 15.0 Å². The van der Waals surface area contributed by atoms with Crippen LogP contribution in [0.4, 0.5) is 10.2 Å². The van der Waals surface area contributed by atoms with Crippen molar-refractivity contribution in [3.63, 3.8) is 0 Å². The van der Waals surface area contributed by atoms with Crippen LogP contribution in [0.1, 0.15) is 16.7 Å². The first kappa shape index (κ1) is 16.5. The largest absolute Gasteiger partial charge is 0.366 e. The highest BCUT2D eigenvalue weighted by molar-refractivity contribution is 6.29. The topological polar surface area (TPSA) is 66.5 Å². The van der Waals surface area contributed by atoms with E-state index in [4.69, 9.17) is 11.6 Å². The lowest BCUT2D eigenvalue weighted by Crippen LogP contribution is -2.04. The Labute approximate surface area is 154 Å². The lowest BCUT2D eigenvalue weighted by Gasteiger charge is -2.08. The highest BCUT2D eigenvalue weighted by atomic mass is 35.5. The number of nitrogens with one attached hydrogen (secondary N) is 2. The van der Waals surface area contributed by atoms with Crippen molar-refractivity contribution in [2.75, 3.05) is 5.32 Å². The summed E-state index contributed by atoms with van der Waals surface area (Å²) in [5, 5.41) is 4.52. The predicted octanol–water partition coefficient (Wildman–Crippen LogP) is 4.35. The fourth-order valence-electron chi connectivity index (χ4n) is 2.76. The molecule has 0 radical (unpaired) electrons. The molecule has 0 unspecified atom stereocenters. The van der Waals surface area contributed by atoms with Crippen molar-refractivity contribution in [2.45, 2.75) is 13.0 Å². The van der Waals surface area contributed by atoms with E-state index in [2.05, 4.69) is 25.3 Å². The van der Waals surface area contributed by atoms with Gasteiger partial charge in [-0.2, -0.15) is 4.39 Å². The van der Waals surface area contributed by atoms with Crippen LogP contribution >= 0.6 is 11.6 Å². The highest BCUT2D eigenvalue weighted by Gasteiger charge is 2.10. The van der Waals surface area contributed by atoms with Crippen molar-refractivity contribution in [3.8, 4) is 0 Å². The first-order valence-electron chi connectivity index (χ1n) is 8.10. The minimum absolute atomic E-state index is 0.440. The number of nitrogens with zero attached hydrogens (tertiary/aromatic N) is 3. The third-order valence-electron chi connectivity index (χ3n) is 4.11. The van der Waals surface area contributed by atoms with Crippen molar-refractivity contribution in [1.29, 1.82) is 0 Å². The number of rotatable bonds is 5. The van der Waals surface area contributed by atoms with Crippen LogP contribution in [-0.2, 0) is 13.0 Å². The van der Waals surface area contributed by atoms with Crippen molar-refractivity contribution >= 4 is 28.5 Å². The summed E-state index contributed by atoms with van der Waals surface area (Å²) in [7, 11) is 0. The van der Waals surface area contributed by atoms with Gasteiger partial charge in [0.05, 0.1) is 0 Å². The van der Waals surface area contributed by atoms with Gasteiger partial charge in [-0.05, 0) is 35.4 Å². The molecule has 4 aromatic heterocycles. The molecule has 0 spiro atoms. The highest BCUT2D eigenvalue weighted by Crippen LogP contribution is 2.21. The molecular weight excluding hydrogens is 353 g/mol. The van der Waals surface area contributed by atoms with E-state index in [1.807, 2.05) is 24.4 Å². The van der Waals surface area contributed by atoms with Gasteiger partial charge in [0.1, 0.15) is 16.6 Å². The molecule has 7 heteroatoms. The standard InChI is InChI=1S/C19H15ClFN5/c20-16-5-3-12(9-23-16)10-24-17-6-4-13(18(21)26-17)8-14-11-25-19-15(14)2-1-7-22-19/h1-7,9,11H,8,10H2,(H,22,25)(H,24,26). The van der Waals surface area contributed by atoms with Gasteiger partial charge in [0.15, 0.2) is 0 Å². The number of H-pyrrole nitrogens is 1. The minimum atomic E-state index is -0.484.